The topological polar surface area (TPSA) is 21.3 Å². The number of nitrogens with one attached hydrogen (secondary N) is 1. The Morgan fingerprint density at radius 2 is 2.56 bits per heavy atom. The lowest BCUT2D eigenvalue weighted by Gasteiger charge is -2.18. The van der Waals surface area contributed by atoms with E-state index in [1.54, 1.807) is 7.11 Å². The Morgan fingerprint density at radius 1 is 1.78 bits per heavy atom. The lowest BCUT2D eigenvalue weighted by Crippen LogP contribution is -2.31. The molecule has 1 unspecified atom stereocenters. The second-order valence-electron chi connectivity index (χ2n) is 2.27. The van der Waals surface area contributed by atoms with Crippen LogP contribution < -0.4 is 5.32 Å². The summed E-state index contributed by atoms with van der Waals surface area (Å²) in [6.45, 7) is 1.76. The second-order valence-corrected chi connectivity index (χ2v) is 2.27. The molecule has 0 aromatic rings. The molecule has 50 valence electrons. The molecule has 1 fully saturated rings. The largest absolute Gasteiger partial charge is 0.364 e. The number of rotatable bonds is 1. The van der Waals surface area contributed by atoms with Crippen molar-refractivity contribution >= 4 is 0 Å². The minimum absolute atomic E-state index is 0.306. The molecule has 0 bridgehead atoms. The molecule has 0 aromatic heterocycles. The van der Waals surface area contributed by atoms with Gasteiger partial charge >= 0.3 is 0 Å². The van der Waals surface area contributed by atoms with Crippen molar-refractivity contribution < 1.29 is 4.74 Å². The zero-order valence-corrected chi connectivity index (χ0v) is 5.61. The zero-order valence-electron chi connectivity index (χ0n) is 5.61. The summed E-state index contributed by atoms with van der Waals surface area (Å²) in [4.78, 5) is 0. The van der Waals surface area contributed by atoms with Crippen molar-refractivity contribution in [1.82, 2.24) is 5.32 Å². The van der Waals surface area contributed by atoms with Gasteiger partial charge in [-0.3, -0.25) is 0 Å². The number of terminal acetylenes is 1. The van der Waals surface area contributed by atoms with Gasteiger partial charge in [0, 0.05) is 20.1 Å². The molecule has 1 heterocycles. The average Bonchev–Trinajstić information content (AvgIpc) is 2.36. The predicted molar refractivity (Wildman–Crippen MR) is 36.1 cm³/mol. The van der Waals surface area contributed by atoms with Crippen LogP contribution in [-0.2, 0) is 4.74 Å². The summed E-state index contributed by atoms with van der Waals surface area (Å²) < 4.78 is 5.15. The Hall–Kier alpha value is -0.520. The highest BCUT2D eigenvalue weighted by atomic mass is 16.5. The van der Waals surface area contributed by atoms with E-state index in [1.807, 2.05) is 0 Å². The highest BCUT2D eigenvalue weighted by molar-refractivity contribution is 5.12. The quantitative estimate of drug-likeness (QED) is 0.498. The lowest BCUT2D eigenvalue weighted by atomic mass is 10.1. The summed E-state index contributed by atoms with van der Waals surface area (Å²) in [6.07, 6.45) is 6.19. The van der Waals surface area contributed by atoms with Gasteiger partial charge in [-0.05, 0) is 6.54 Å². The highest BCUT2D eigenvalue weighted by Gasteiger charge is 2.30. The number of methoxy groups -OCH3 is 1. The fourth-order valence-corrected chi connectivity index (χ4v) is 1.03. The minimum atomic E-state index is -0.306. The number of hydrogen-bond acceptors (Lipinski definition) is 2. The molecular weight excluding hydrogens is 114 g/mol. The van der Waals surface area contributed by atoms with E-state index in [1.165, 1.54) is 0 Å². The second kappa shape index (κ2) is 2.38. The molecule has 1 aliphatic heterocycles. The summed E-state index contributed by atoms with van der Waals surface area (Å²) in [5.74, 6) is 2.64. The van der Waals surface area contributed by atoms with Gasteiger partial charge in [0.1, 0.15) is 5.60 Å². The normalized spacial score (nSPS) is 34.2. The third-order valence-electron chi connectivity index (χ3n) is 1.77. The predicted octanol–water partition coefficient (Wildman–Crippen LogP) is -0.00190. The van der Waals surface area contributed by atoms with Crippen LogP contribution in [0.25, 0.3) is 0 Å². The Balaban J connectivity index is 2.59. The van der Waals surface area contributed by atoms with Crippen LogP contribution in [0.1, 0.15) is 6.42 Å². The van der Waals surface area contributed by atoms with E-state index < -0.39 is 0 Å². The molecule has 0 spiro atoms. The molecule has 0 aromatic carbocycles. The van der Waals surface area contributed by atoms with Crippen molar-refractivity contribution in [2.24, 2.45) is 0 Å². The van der Waals surface area contributed by atoms with E-state index in [9.17, 15) is 0 Å². The third-order valence-corrected chi connectivity index (χ3v) is 1.77. The fraction of sp³-hybridized carbons (Fsp3) is 0.714. The maximum atomic E-state index is 5.26. The van der Waals surface area contributed by atoms with Crippen LogP contribution in [0.5, 0.6) is 0 Å². The standard InChI is InChI=1S/C7H11NO/c1-3-7(9-2)4-5-8-6-7/h1,8H,4-6H2,2H3. The molecule has 2 nitrogen and oxygen atoms in total. The van der Waals surface area contributed by atoms with Crippen molar-refractivity contribution in [2.45, 2.75) is 12.0 Å². The van der Waals surface area contributed by atoms with E-state index in [4.69, 9.17) is 11.2 Å². The van der Waals surface area contributed by atoms with E-state index in [-0.39, 0.29) is 5.60 Å². The van der Waals surface area contributed by atoms with Gasteiger partial charge < -0.3 is 10.1 Å². The van der Waals surface area contributed by atoms with E-state index in [0.717, 1.165) is 19.5 Å². The summed E-state index contributed by atoms with van der Waals surface area (Å²) in [7, 11) is 1.66. The highest BCUT2D eigenvalue weighted by Crippen LogP contribution is 2.16. The molecular formula is C7H11NO. The molecule has 1 aliphatic rings. The third kappa shape index (κ3) is 1.07. The summed E-state index contributed by atoms with van der Waals surface area (Å²) in [5.41, 5.74) is -0.306. The van der Waals surface area contributed by atoms with E-state index in [0.29, 0.717) is 0 Å². The van der Waals surface area contributed by atoms with Gasteiger partial charge in [0.05, 0.1) is 0 Å². The summed E-state index contributed by atoms with van der Waals surface area (Å²) in [5, 5.41) is 3.15. The number of hydrogen-bond donors (Lipinski definition) is 1. The molecule has 9 heavy (non-hydrogen) atoms. The Morgan fingerprint density at radius 3 is 2.78 bits per heavy atom. The fourth-order valence-electron chi connectivity index (χ4n) is 1.03. The molecule has 0 aliphatic carbocycles. The van der Waals surface area contributed by atoms with Crippen LogP contribution in [0.2, 0.25) is 0 Å². The summed E-state index contributed by atoms with van der Waals surface area (Å²) >= 11 is 0. The molecule has 1 saturated heterocycles. The first kappa shape index (κ1) is 6.60. The van der Waals surface area contributed by atoms with Crippen LogP contribution in [-0.4, -0.2) is 25.8 Å². The van der Waals surface area contributed by atoms with Crippen molar-refractivity contribution in [2.75, 3.05) is 20.2 Å². The van der Waals surface area contributed by atoms with E-state index in [2.05, 4.69) is 11.2 Å². The molecule has 0 radical (unpaired) electrons. The molecule has 1 rings (SSSR count). The lowest BCUT2D eigenvalue weighted by molar-refractivity contribution is 0.0589. The van der Waals surface area contributed by atoms with Crippen molar-refractivity contribution in [3.63, 3.8) is 0 Å². The van der Waals surface area contributed by atoms with Crippen LogP contribution in [0.4, 0.5) is 0 Å². The minimum Gasteiger partial charge on any atom is -0.364 e. The molecule has 0 amide bonds. The smallest absolute Gasteiger partial charge is 0.141 e. The maximum Gasteiger partial charge on any atom is 0.141 e. The van der Waals surface area contributed by atoms with Gasteiger partial charge in [-0.25, -0.2) is 0 Å². The Bertz CT molecular complexity index is 130. The Labute approximate surface area is 55.6 Å². The van der Waals surface area contributed by atoms with Gasteiger partial charge in [0.15, 0.2) is 0 Å². The van der Waals surface area contributed by atoms with Crippen LogP contribution >= 0.6 is 0 Å². The number of ether oxygens (including phenoxy) is 1. The van der Waals surface area contributed by atoms with Gasteiger partial charge in [-0.2, -0.15) is 0 Å². The van der Waals surface area contributed by atoms with Crippen LogP contribution in [0.15, 0.2) is 0 Å². The monoisotopic (exact) mass is 125 g/mol. The zero-order chi connectivity index (χ0) is 6.74. The molecule has 1 N–H and O–H groups in total. The van der Waals surface area contributed by atoms with Crippen molar-refractivity contribution in [1.29, 1.82) is 0 Å². The van der Waals surface area contributed by atoms with Crippen molar-refractivity contribution in [3.8, 4) is 12.3 Å². The van der Waals surface area contributed by atoms with Crippen LogP contribution in [0, 0.1) is 12.3 Å². The Kier molecular flexibility index (Phi) is 1.75. The first-order valence-corrected chi connectivity index (χ1v) is 3.07. The van der Waals surface area contributed by atoms with Gasteiger partial charge in [-0.1, -0.05) is 5.92 Å². The maximum absolute atomic E-state index is 5.26. The first-order valence-electron chi connectivity index (χ1n) is 3.07. The van der Waals surface area contributed by atoms with Gasteiger partial charge in [0.2, 0.25) is 0 Å². The molecule has 1 atom stereocenters. The van der Waals surface area contributed by atoms with Gasteiger partial charge in [0.25, 0.3) is 0 Å². The SMILES string of the molecule is C#CC1(OC)CCNC1. The average molecular weight is 125 g/mol. The summed E-state index contributed by atoms with van der Waals surface area (Å²) in [6, 6.07) is 0. The molecule has 0 saturated carbocycles. The van der Waals surface area contributed by atoms with Crippen molar-refractivity contribution in [3.05, 3.63) is 0 Å². The van der Waals surface area contributed by atoms with Crippen LogP contribution in [0.3, 0.4) is 0 Å². The van der Waals surface area contributed by atoms with Gasteiger partial charge in [-0.15, -0.1) is 6.42 Å². The first-order chi connectivity index (χ1) is 4.33. The molecule has 2 heteroatoms. The van der Waals surface area contributed by atoms with E-state index >= 15 is 0 Å².